The number of halogens is 1. The smallest absolute Gasteiger partial charge is 0.137 e. The van der Waals surface area contributed by atoms with Crippen molar-refractivity contribution < 1.29 is 4.39 Å². The molecule has 1 aromatic heterocycles. The van der Waals surface area contributed by atoms with E-state index in [0.717, 1.165) is 6.17 Å². The van der Waals surface area contributed by atoms with Gasteiger partial charge >= 0.3 is 0 Å². The molecule has 0 spiro atoms. The second-order valence-corrected chi connectivity index (χ2v) is 9.43. The molecule has 0 aliphatic heterocycles. The van der Waals surface area contributed by atoms with Crippen LogP contribution in [0.5, 0.6) is 0 Å². The molecule has 3 rings (SSSR count). The van der Waals surface area contributed by atoms with E-state index in [2.05, 4.69) is 28.8 Å². The summed E-state index contributed by atoms with van der Waals surface area (Å²) in [6.45, 7) is 2.28. The van der Waals surface area contributed by atoms with Gasteiger partial charge in [-0.3, -0.25) is 4.68 Å². The second-order valence-electron chi connectivity index (χ2n) is 5.30. The molecule has 3 aromatic rings. The molecule has 2 aromatic carbocycles. The predicted octanol–water partition coefficient (Wildman–Crippen LogP) is 1.85. The number of hydrogen-bond donors (Lipinski definition) is 0. The fourth-order valence-electron chi connectivity index (χ4n) is 2.61. The number of hydrogen-bond acceptors (Lipinski definition) is 2. The first kappa shape index (κ1) is 13.7. The maximum atomic E-state index is 13.2. The summed E-state index contributed by atoms with van der Waals surface area (Å²) in [7, 11) is -2.04. The molecule has 0 saturated carbocycles. The molecule has 0 unspecified atom stereocenters. The van der Waals surface area contributed by atoms with E-state index in [-0.39, 0.29) is 5.82 Å². The molecular formula is C16H16FN3Si. The molecule has 0 N–H and O–H groups in total. The minimum absolute atomic E-state index is 0.205. The molecule has 21 heavy (non-hydrogen) atoms. The molecule has 0 radical (unpaired) electrons. The zero-order valence-electron chi connectivity index (χ0n) is 11.8. The SMILES string of the molecule is C[Si@](Cn1cncn1)(c1ccccc1)c1ccc(F)cc1. The van der Waals surface area contributed by atoms with Crippen LogP contribution in [0.3, 0.4) is 0 Å². The van der Waals surface area contributed by atoms with Crippen LogP contribution in [-0.2, 0) is 6.17 Å². The molecule has 1 atom stereocenters. The van der Waals surface area contributed by atoms with Crippen LogP contribution in [0.15, 0.2) is 67.3 Å². The first-order valence-electron chi connectivity index (χ1n) is 6.82. The largest absolute Gasteiger partial charge is 0.255 e. The van der Waals surface area contributed by atoms with Gasteiger partial charge < -0.3 is 0 Å². The Kier molecular flexibility index (Phi) is 3.66. The summed E-state index contributed by atoms with van der Waals surface area (Å²) in [5, 5.41) is 6.72. The summed E-state index contributed by atoms with van der Waals surface area (Å²) < 4.78 is 15.1. The Hall–Kier alpha value is -2.27. The minimum Gasteiger partial charge on any atom is -0.255 e. The van der Waals surface area contributed by atoms with Gasteiger partial charge in [0.1, 0.15) is 26.5 Å². The Morgan fingerprint density at radius 2 is 1.67 bits per heavy atom. The Morgan fingerprint density at radius 3 is 2.29 bits per heavy atom. The number of rotatable bonds is 4. The Labute approximate surface area is 124 Å². The molecule has 0 bridgehead atoms. The molecular weight excluding hydrogens is 281 g/mol. The monoisotopic (exact) mass is 297 g/mol. The van der Waals surface area contributed by atoms with Crippen molar-refractivity contribution in [3.8, 4) is 0 Å². The van der Waals surface area contributed by atoms with Gasteiger partial charge in [-0.1, -0.05) is 59.4 Å². The van der Waals surface area contributed by atoms with E-state index in [1.165, 1.54) is 22.5 Å². The summed E-state index contributed by atoms with van der Waals surface area (Å²) in [5.74, 6) is -0.205. The zero-order valence-corrected chi connectivity index (χ0v) is 12.8. The van der Waals surface area contributed by atoms with Gasteiger partial charge in [-0.15, -0.1) is 0 Å². The number of aromatic nitrogens is 3. The lowest BCUT2D eigenvalue weighted by molar-refractivity contribution is 0.628. The summed E-state index contributed by atoms with van der Waals surface area (Å²) in [6.07, 6.45) is 4.06. The van der Waals surface area contributed by atoms with Gasteiger partial charge in [0.25, 0.3) is 0 Å². The van der Waals surface area contributed by atoms with E-state index < -0.39 is 8.07 Å². The predicted molar refractivity (Wildman–Crippen MR) is 83.8 cm³/mol. The molecule has 5 heteroatoms. The molecule has 0 amide bonds. The zero-order chi connectivity index (χ0) is 14.7. The third-order valence-corrected chi connectivity index (χ3v) is 8.01. The third-order valence-electron chi connectivity index (χ3n) is 3.84. The van der Waals surface area contributed by atoms with Crippen molar-refractivity contribution in [3.05, 3.63) is 73.1 Å². The van der Waals surface area contributed by atoms with Crippen LogP contribution in [0.25, 0.3) is 0 Å². The normalized spacial score (nSPS) is 13.8. The average molecular weight is 297 g/mol. The van der Waals surface area contributed by atoms with E-state index in [1.807, 2.05) is 35.0 Å². The molecule has 106 valence electrons. The number of nitrogens with zero attached hydrogens (tertiary/aromatic N) is 3. The molecule has 0 aliphatic carbocycles. The first-order valence-corrected chi connectivity index (χ1v) is 9.53. The standard InChI is InChI=1S/C16H16FN3Si/c1-21(13-20-12-18-11-19-20,15-5-3-2-4-6-15)16-9-7-14(17)8-10-16/h2-12H,13H2,1H3/t21-/m0/s1. The lowest BCUT2D eigenvalue weighted by Gasteiger charge is -2.28. The highest BCUT2D eigenvalue weighted by Gasteiger charge is 2.32. The third kappa shape index (κ3) is 2.78. The van der Waals surface area contributed by atoms with Crippen molar-refractivity contribution in [2.75, 3.05) is 0 Å². The molecule has 0 aliphatic rings. The highest BCUT2D eigenvalue weighted by atomic mass is 28.3. The summed E-state index contributed by atoms with van der Waals surface area (Å²) in [5.41, 5.74) is 0. The summed E-state index contributed by atoms with van der Waals surface area (Å²) >= 11 is 0. The van der Waals surface area contributed by atoms with E-state index in [1.54, 1.807) is 12.7 Å². The quantitative estimate of drug-likeness (QED) is 0.688. The van der Waals surface area contributed by atoms with Gasteiger partial charge in [-0.05, 0) is 12.1 Å². The maximum absolute atomic E-state index is 13.2. The highest BCUT2D eigenvalue weighted by Crippen LogP contribution is 2.09. The van der Waals surface area contributed by atoms with Gasteiger partial charge in [0, 0.05) is 6.17 Å². The van der Waals surface area contributed by atoms with Crippen molar-refractivity contribution in [3.63, 3.8) is 0 Å². The Balaban J connectivity index is 2.08. The highest BCUT2D eigenvalue weighted by molar-refractivity contribution is 7.00. The summed E-state index contributed by atoms with van der Waals surface area (Å²) in [4.78, 5) is 4.02. The van der Waals surface area contributed by atoms with Gasteiger partial charge in [0.05, 0.1) is 0 Å². The number of benzene rings is 2. The van der Waals surface area contributed by atoms with Gasteiger partial charge in [-0.25, -0.2) is 9.37 Å². The molecule has 0 fully saturated rings. The van der Waals surface area contributed by atoms with Gasteiger partial charge in [-0.2, -0.15) is 5.10 Å². The van der Waals surface area contributed by atoms with Crippen molar-refractivity contribution in [1.29, 1.82) is 0 Å². The Morgan fingerprint density at radius 1 is 1.00 bits per heavy atom. The van der Waals surface area contributed by atoms with Crippen molar-refractivity contribution >= 4 is 18.4 Å². The van der Waals surface area contributed by atoms with Crippen LogP contribution < -0.4 is 10.4 Å². The van der Waals surface area contributed by atoms with Crippen LogP contribution in [0, 0.1) is 5.82 Å². The fraction of sp³-hybridized carbons (Fsp3) is 0.125. The fourth-order valence-corrected chi connectivity index (χ4v) is 5.95. The van der Waals surface area contributed by atoms with Crippen molar-refractivity contribution in [2.24, 2.45) is 0 Å². The lowest BCUT2D eigenvalue weighted by Crippen LogP contribution is -2.59. The first-order chi connectivity index (χ1) is 10.2. The van der Waals surface area contributed by atoms with Crippen molar-refractivity contribution in [2.45, 2.75) is 12.7 Å². The topological polar surface area (TPSA) is 30.7 Å². The molecule has 1 heterocycles. The van der Waals surface area contributed by atoms with Crippen LogP contribution in [0.4, 0.5) is 4.39 Å². The molecule has 3 nitrogen and oxygen atoms in total. The van der Waals surface area contributed by atoms with Gasteiger partial charge in [0.2, 0.25) is 0 Å². The van der Waals surface area contributed by atoms with E-state index in [9.17, 15) is 4.39 Å². The van der Waals surface area contributed by atoms with Crippen LogP contribution >= 0.6 is 0 Å². The van der Waals surface area contributed by atoms with Crippen molar-refractivity contribution in [1.82, 2.24) is 14.8 Å². The lowest BCUT2D eigenvalue weighted by atomic mass is 10.3. The van der Waals surface area contributed by atoms with Crippen LogP contribution in [-0.4, -0.2) is 22.8 Å². The van der Waals surface area contributed by atoms with Gasteiger partial charge in [0.15, 0.2) is 0 Å². The average Bonchev–Trinajstić information content (AvgIpc) is 3.01. The second kappa shape index (κ2) is 5.61. The molecule has 0 saturated heterocycles. The maximum Gasteiger partial charge on any atom is 0.137 e. The van der Waals surface area contributed by atoms with Crippen LogP contribution in [0.1, 0.15) is 0 Å². The minimum atomic E-state index is -2.04. The van der Waals surface area contributed by atoms with E-state index in [4.69, 9.17) is 0 Å². The Bertz CT molecular complexity index is 698. The van der Waals surface area contributed by atoms with Crippen LogP contribution in [0.2, 0.25) is 6.55 Å². The van der Waals surface area contributed by atoms with E-state index in [0.29, 0.717) is 0 Å². The van der Waals surface area contributed by atoms with E-state index >= 15 is 0 Å². The summed E-state index contributed by atoms with van der Waals surface area (Å²) in [6, 6.07) is 17.3.